The summed E-state index contributed by atoms with van der Waals surface area (Å²) < 4.78 is 57.5. The van der Waals surface area contributed by atoms with Gasteiger partial charge in [0.05, 0.1) is 12.7 Å². The van der Waals surface area contributed by atoms with Crippen molar-refractivity contribution in [1.29, 1.82) is 0 Å². The van der Waals surface area contributed by atoms with Crippen LogP contribution in [0.15, 0.2) is 35.5 Å². The number of carbonyl (C=O) groups is 3. The molecule has 32 heavy (non-hydrogen) atoms. The smallest absolute Gasteiger partial charge is 0.419 e. The number of oxime groups is 1. The fourth-order valence-corrected chi connectivity index (χ4v) is 2.13. The number of hydrogen-bond acceptors (Lipinski definition) is 10. The summed E-state index contributed by atoms with van der Waals surface area (Å²) in [5, 5.41) is 11.5. The van der Waals surface area contributed by atoms with Crippen LogP contribution in [0.2, 0.25) is 0 Å². The van der Waals surface area contributed by atoms with Gasteiger partial charge < -0.3 is 24.2 Å². The van der Waals surface area contributed by atoms with E-state index in [2.05, 4.69) is 14.6 Å². The molecule has 0 spiro atoms. The molecule has 1 aromatic carbocycles. The zero-order chi connectivity index (χ0) is 24.3. The number of benzene rings is 1. The van der Waals surface area contributed by atoms with Gasteiger partial charge in [0.25, 0.3) is 5.90 Å². The molecule has 0 bridgehead atoms. The molecule has 176 valence electrons. The second kappa shape index (κ2) is 12.4. The molecule has 0 fully saturated rings. The molecule has 0 aliphatic rings. The monoisotopic (exact) mass is 462 g/mol. The van der Waals surface area contributed by atoms with Gasteiger partial charge in [-0.1, -0.05) is 6.92 Å². The maximum atomic E-state index is 12.8. The average molecular weight is 462 g/mol. The number of ether oxygens (including phenoxy) is 4. The Morgan fingerprint density at radius 3 is 2.44 bits per heavy atom. The number of hydrogen-bond donors (Lipinski definition) is 2. The molecule has 13 heteroatoms. The zero-order valence-electron chi connectivity index (χ0n) is 17.0. The molecular formula is C19H21F3N2O8. The molecule has 0 heterocycles. The number of nitrogens with two attached hydrogens (primary N) is 1. The maximum absolute atomic E-state index is 12.8. The van der Waals surface area contributed by atoms with Gasteiger partial charge in [-0.15, -0.1) is 0 Å². The number of carbonyl (C=O) groups excluding carboxylic acids is 3. The molecule has 0 saturated carbocycles. The average Bonchev–Trinajstić information content (AvgIpc) is 2.73. The van der Waals surface area contributed by atoms with Crippen molar-refractivity contribution in [1.82, 2.24) is 0 Å². The van der Waals surface area contributed by atoms with E-state index in [1.807, 2.05) is 0 Å². The molecule has 1 atom stereocenters. The van der Waals surface area contributed by atoms with Crippen LogP contribution in [0, 0.1) is 0 Å². The lowest BCUT2D eigenvalue weighted by Gasteiger charge is -2.13. The van der Waals surface area contributed by atoms with Crippen LogP contribution in [-0.2, 0) is 30.0 Å². The lowest BCUT2D eigenvalue weighted by atomic mass is 10.2. The fourth-order valence-electron chi connectivity index (χ4n) is 2.13. The molecule has 1 unspecified atom stereocenters. The Morgan fingerprint density at radius 2 is 1.88 bits per heavy atom. The van der Waals surface area contributed by atoms with Crippen molar-refractivity contribution >= 4 is 23.6 Å². The third kappa shape index (κ3) is 8.73. The van der Waals surface area contributed by atoms with Crippen LogP contribution in [0.25, 0.3) is 0 Å². The summed E-state index contributed by atoms with van der Waals surface area (Å²) in [6.07, 6.45) is -4.18. The van der Waals surface area contributed by atoms with E-state index in [4.69, 9.17) is 20.4 Å². The molecule has 0 radical (unpaired) electrons. The summed E-state index contributed by atoms with van der Waals surface area (Å²) in [5.41, 5.74) is 4.43. The highest BCUT2D eigenvalue weighted by Crippen LogP contribution is 2.38. The van der Waals surface area contributed by atoms with Gasteiger partial charge in [0.15, 0.2) is 12.0 Å². The lowest BCUT2D eigenvalue weighted by molar-refractivity contribution is -0.138. The third-order valence-corrected chi connectivity index (χ3v) is 3.55. The quantitative estimate of drug-likeness (QED) is 0.0780. The fraction of sp³-hybridized carbons (Fsp3) is 0.368. The first kappa shape index (κ1) is 26.6. The number of rotatable bonds is 10. The molecule has 10 nitrogen and oxygen atoms in total. The zero-order valence-corrected chi connectivity index (χ0v) is 17.0. The third-order valence-electron chi connectivity index (χ3n) is 3.55. The van der Waals surface area contributed by atoms with Crippen molar-refractivity contribution in [3.8, 4) is 11.5 Å². The molecule has 1 rings (SSSR count). The summed E-state index contributed by atoms with van der Waals surface area (Å²) >= 11 is 0. The largest absolute Gasteiger partial charge is 0.496 e. The van der Waals surface area contributed by atoms with Crippen LogP contribution in [-0.4, -0.2) is 48.8 Å². The van der Waals surface area contributed by atoms with Crippen LogP contribution in [0.4, 0.5) is 13.2 Å². The molecule has 0 aliphatic carbocycles. The summed E-state index contributed by atoms with van der Waals surface area (Å²) in [5.74, 6) is -4.22. The van der Waals surface area contributed by atoms with E-state index in [0.29, 0.717) is 24.6 Å². The van der Waals surface area contributed by atoms with Gasteiger partial charge in [-0.2, -0.15) is 13.2 Å². The number of nitrogens with zero attached hydrogens (tertiary/aromatic N) is 1. The Labute approximate surface area is 180 Å². The first-order valence-corrected chi connectivity index (χ1v) is 8.99. The summed E-state index contributed by atoms with van der Waals surface area (Å²) in [4.78, 5) is 34.9. The van der Waals surface area contributed by atoms with Crippen LogP contribution in [0.3, 0.4) is 0 Å². The number of halogens is 3. The minimum atomic E-state index is -4.67. The normalized spacial score (nSPS) is 13.0. The van der Waals surface area contributed by atoms with Gasteiger partial charge in [0.1, 0.15) is 18.1 Å². The Morgan fingerprint density at radius 1 is 1.22 bits per heavy atom. The van der Waals surface area contributed by atoms with E-state index >= 15 is 0 Å². The van der Waals surface area contributed by atoms with Crippen molar-refractivity contribution in [2.75, 3.05) is 13.7 Å². The van der Waals surface area contributed by atoms with Crippen molar-refractivity contribution in [2.45, 2.75) is 32.2 Å². The standard InChI is InChI=1S/C19H21F3N2O8/c1-3-4-11(25)10-30-17(23)18(24-28)32-16(27)8-7-15(26)31-12-5-6-13(19(20,21)22)14(9-12)29-2/h5-9,17,28H,3-4,10,23H2,1-2H3/b8-7+,24-18+. The van der Waals surface area contributed by atoms with E-state index < -0.39 is 48.2 Å². The van der Waals surface area contributed by atoms with E-state index in [1.165, 1.54) is 0 Å². The van der Waals surface area contributed by atoms with Crippen LogP contribution < -0.4 is 15.2 Å². The first-order chi connectivity index (χ1) is 15.0. The molecular weight excluding hydrogens is 441 g/mol. The topological polar surface area (TPSA) is 147 Å². The van der Waals surface area contributed by atoms with E-state index in [-0.39, 0.29) is 18.0 Å². The Bertz CT molecular complexity index is 884. The number of alkyl halides is 3. The number of ketones is 1. The molecule has 1 aromatic rings. The first-order valence-electron chi connectivity index (χ1n) is 8.99. The molecule has 3 N–H and O–H groups in total. The summed E-state index contributed by atoms with van der Waals surface area (Å²) in [7, 11) is 1.01. The van der Waals surface area contributed by atoms with Crippen molar-refractivity contribution in [3.63, 3.8) is 0 Å². The highest BCUT2D eigenvalue weighted by atomic mass is 19.4. The predicted octanol–water partition coefficient (Wildman–Crippen LogP) is 2.18. The maximum Gasteiger partial charge on any atom is 0.419 e. The highest BCUT2D eigenvalue weighted by molar-refractivity contribution is 5.99. The minimum Gasteiger partial charge on any atom is -0.496 e. The SMILES string of the molecule is CCCC(=O)COC(N)/C(=N\O)OC(=O)/C=C/C(=O)Oc1ccc(C(F)(F)F)c(OC)c1. The van der Waals surface area contributed by atoms with E-state index in [9.17, 15) is 27.6 Å². The highest BCUT2D eigenvalue weighted by Gasteiger charge is 2.34. The van der Waals surface area contributed by atoms with E-state index in [1.54, 1.807) is 6.92 Å². The van der Waals surface area contributed by atoms with Gasteiger partial charge >= 0.3 is 18.1 Å². The number of methoxy groups -OCH3 is 1. The van der Waals surface area contributed by atoms with Gasteiger partial charge in [0.2, 0.25) is 0 Å². The van der Waals surface area contributed by atoms with Crippen molar-refractivity contribution in [2.24, 2.45) is 10.9 Å². The summed E-state index contributed by atoms with van der Waals surface area (Å²) in [6.45, 7) is 1.38. The Balaban J connectivity index is 2.67. The van der Waals surface area contributed by atoms with Crippen LogP contribution >= 0.6 is 0 Å². The van der Waals surface area contributed by atoms with Gasteiger partial charge in [-0.05, 0) is 23.7 Å². The predicted molar refractivity (Wildman–Crippen MR) is 102 cm³/mol. The Kier molecular flexibility index (Phi) is 10.3. The number of Topliss-reactive ketones (excluding diaryl/α,β-unsaturated/α-hetero) is 1. The minimum absolute atomic E-state index is 0.244. The second-order valence-corrected chi connectivity index (χ2v) is 5.99. The van der Waals surface area contributed by atoms with Crippen LogP contribution in [0.1, 0.15) is 25.3 Å². The van der Waals surface area contributed by atoms with Gasteiger partial charge in [0, 0.05) is 24.6 Å². The second-order valence-electron chi connectivity index (χ2n) is 5.99. The van der Waals surface area contributed by atoms with E-state index in [0.717, 1.165) is 19.2 Å². The lowest BCUT2D eigenvalue weighted by Crippen LogP contribution is -2.37. The Hall–Kier alpha value is -3.45. The summed E-state index contributed by atoms with van der Waals surface area (Å²) in [6, 6.07) is 2.40. The van der Waals surface area contributed by atoms with Crippen molar-refractivity contribution in [3.05, 3.63) is 35.9 Å². The molecule has 0 aliphatic heterocycles. The molecule has 0 amide bonds. The molecule has 0 saturated heterocycles. The van der Waals surface area contributed by atoms with Crippen LogP contribution in [0.5, 0.6) is 11.5 Å². The number of esters is 2. The van der Waals surface area contributed by atoms with Gasteiger partial charge in [-0.25, -0.2) is 9.59 Å². The molecule has 0 aromatic heterocycles. The van der Waals surface area contributed by atoms with Crippen molar-refractivity contribution < 1.29 is 51.7 Å². The van der Waals surface area contributed by atoms with Gasteiger partial charge in [-0.3, -0.25) is 10.5 Å².